The predicted molar refractivity (Wildman–Crippen MR) is 70.9 cm³/mol. The molecule has 2 rings (SSSR count). The summed E-state index contributed by atoms with van der Waals surface area (Å²) >= 11 is 10.2. The van der Waals surface area contributed by atoms with Crippen LogP contribution in [-0.2, 0) is 0 Å². The number of thiazole rings is 1. The van der Waals surface area contributed by atoms with Crippen molar-refractivity contribution in [3.05, 3.63) is 38.8 Å². The molecule has 0 aliphatic carbocycles. The highest BCUT2D eigenvalue weighted by Crippen LogP contribution is 2.28. The van der Waals surface area contributed by atoms with Gasteiger partial charge in [0.05, 0.1) is 20.6 Å². The van der Waals surface area contributed by atoms with E-state index in [1.165, 1.54) is 23.5 Å². The molecule has 1 aromatic heterocycles. The van der Waals surface area contributed by atoms with Gasteiger partial charge < -0.3 is 5.11 Å². The summed E-state index contributed by atoms with van der Waals surface area (Å²) in [5, 5.41) is 12.8. The van der Waals surface area contributed by atoms with E-state index in [4.69, 9.17) is 11.6 Å². The van der Waals surface area contributed by atoms with Crippen molar-refractivity contribution < 1.29 is 9.90 Å². The number of hydrogen-bond donors (Lipinski definition) is 2. The van der Waals surface area contributed by atoms with E-state index in [1.54, 1.807) is 12.3 Å². The van der Waals surface area contributed by atoms with E-state index < -0.39 is 5.91 Å². The zero-order valence-electron chi connectivity index (χ0n) is 8.28. The Morgan fingerprint density at radius 2 is 2.29 bits per heavy atom. The summed E-state index contributed by atoms with van der Waals surface area (Å²) in [7, 11) is 0. The molecule has 4 nitrogen and oxygen atoms in total. The second kappa shape index (κ2) is 5.03. The van der Waals surface area contributed by atoms with E-state index in [9.17, 15) is 9.90 Å². The highest BCUT2D eigenvalue weighted by molar-refractivity contribution is 9.11. The second-order valence-electron chi connectivity index (χ2n) is 3.06. The van der Waals surface area contributed by atoms with Gasteiger partial charge in [0.1, 0.15) is 5.75 Å². The molecule has 88 valence electrons. The molecular formula is C10H6BrClN2O2S. The quantitative estimate of drug-likeness (QED) is 0.884. The van der Waals surface area contributed by atoms with E-state index in [1.807, 2.05) is 0 Å². The van der Waals surface area contributed by atoms with Crippen LogP contribution in [0.5, 0.6) is 5.75 Å². The van der Waals surface area contributed by atoms with Gasteiger partial charge in [0.15, 0.2) is 5.13 Å². The number of para-hydroxylation sites is 1. The first-order chi connectivity index (χ1) is 8.08. The van der Waals surface area contributed by atoms with Crippen LogP contribution in [0, 0.1) is 0 Å². The van der Waals surface area contributed by atoms with E-state index in [-0.39, 0.29) is 16.3 Å². The Morgan fingerprint density at radius 1 is 1.53 bits per heavy atom. The Morgan fingerprint density at radius 3 is 2.94 bits per heavy atom. The van der Waals surface area contributed by atoms with Gasteiger partial charge in [0.2, 0.25) is 0 Å². The van der Waals surface area contributed by atoms with Gasteiger partial charge in [0, 0.05) is 0 Å². The van der Waals surface area contributed by atoms with E-state index in [0.717, 1.165) is 3.79 Å². The minimum Gasteiger partial charge on any atom is -0.506 e. The lowest BCUT2D eigenvalue weighted by atomic mass is 10.2. The molecule has 0 saturated carbocycles. The molecule has 1 heterocycles. The topological polar surface area (TPSA) is 62.2 Å². The van der Waals surface area contributed by atoms with E-state index in [2.05, 4.69) is 26.2 Å². The van der Waals surface area contributed by atoms with Crippen molar-refractivity contribution in [3.8, 4) is 5.75 Å². The maximum absolute atomic E-state index is 11.8. The normalized spacial score (nSPS) is 10.2. The minimum atomic E-state index is -0.452. The van der Waals surface area contributed by atoms with Crippen LogP contribution >= 0.6 is 38.9 Å². The fraction of sp³-hybridized carbons (Fsp3) is 0. The van der Waals surface area contributed by atoms with Crippen LogP contribution in [0.3, 0.4) is 0 Å². The molecule has 0 atom stereocenters. The van der Waals surface area contributed by atoms with Crippen LogP contribution in [0.15, 0.2) is 28.2 Å². The summed E-state index contributed by atoms with van der Waals surface area (Å²) in [6.45, 7) is 0. The van der Waals surface area contributed by atoms with Gasteiger partial charge in [-0.05, 0) is 28.1 Å². The molecule has 0 spiro atoms. The largest absolute Gasteiger partial charge is 0.506 e. The number of phenols is 1. The van der Waals surface area contributed by atoms with Gasteiger partial charge in [-0.3, -0.25) is 10.1 Å². The molecule has 0 saturated heterocycles. The first-order valence-electron chi connectivity index (χ1n) is 4.48. The number of rotatable bonds is 2. The Balaban J connectivity index is 2.23. The summed E-state index contributed by atoms with van der Waals surface area (Å²) in [5.74, 6) is -0.686. The lowest BCUT2D eigenvalue weighted by Gasteiger charge is -2.04. The Labute approximate surface area is 114 Å². The fourth-order valence-electron chi connectivity index (χ4n) is 1.18. The summed E-state index contributed by atoms with van der Waals surface area (Å²) < 4.78 is 0.808. The number of nitrogens with zero attached hydrogens (tertiary/aromatic N) is 1. The number of anilines is 1. The Hall–Kier alpha value is -1.11. The number of nitrogens with one attached hydrogen (secondary N) is 1. The summed E-state index contributed by atoms with van der Waals surface area (Å²) in [6.07, 6.45) is 1.58. The zero-order valence-corrected chi connectivity index (χ0v) is 11.4. The molecule has 0 fully saturated rings. The van der Waals surface area contributed by atoms with E-state index >= 15 is 0 Å². The maximum Gasteiger partial charge on any atom is 0.261 e. The van der Waals surface area contributed by atoms with Crippen LogP contribution in [0.1, 0.15) is 10.4 Å². The number of amides is 1. The fourth-order valence-corrected chi connectivity index (χ4v) is 2.45. The number of carbonyl (C=O) groups excluding carboxylic acids is 1. The van der Waals surface area contributed by atoms with Crippen molar-refractivity contribution in [2.24, 2.45) is 0 Å². The highest BCUT2D eigenvalue weighted by Gasteiger charge is 2.14. The van der Waals surface area contributed by atoms with Crippen LogP contribution in [0.4, 0.5) is 5.13 Å². The van der Waals surface area contributed by atoms with Crippen molar-refractivity contribution in [2.75, 3.05) is 5.32 Å². The monoisotopic (exact) mass is 332 g/mol. The number of aromatic nitrogens is 1. The third-order valence-electron chi connectivity index (χ3n) is 1.93. The molecule has 0 radical (unpaired) electrons. The number of hydrogen-bond acceptors (Lipinski definition) is 4. The molecule has 2 N–H and O–H groups in total. The van der Waals surface area contributed by atoms with E-state index in [0.29, 0.717) is 5.13 Å². The lowest BCUT2D eigenvalue weighted by molar-refractivity contribution is 0.102. The molecule has 1 amide bonds. The van der Waals surface area contributed by atoms with Gasteiger partial charge in [-0.1, -0.05) is 29.0 Å². The third kappa shape index (κ3) is 2.77. The molecule has 1 aromatic carbocycles. The average molecular weight is 334 g/mol. The SMILES string of the molecule is O=C(Nc1ncc(Br)s1)c1cccc(Cl)c1O. The molecule has 0 bridgehead atoms. The number of phenolic OH excluding ortho intramolecular Hbond substituents is 1. The van der Waals surface area contributed by atoms with Crippen LogP contribution in [0.25, 0.3) is 0 Å². The van der Waals surface area contributed by atoms with Gasteiger partial charge in [0.25, 0.3) is 5.91 Å². The van der Waals surface area contributed by atoms with Gasteiger partial charge in [-0.25, -0.2) is 4.98 Å². The smallest absolute Gasteiger partial charge is 0.261 e. The van der Waals surface area contributed by atoms with Gasteiger partial charge in [-0.15, -0.1) is 0 Å². The second-order valence-corrected chi connectivity index (χ2v) is 5.88. The molecule has 0 aliphatic heterocycles. The predicted octanol–water partition coefficient (Wildman–Crippen LogP) is 3.52. The molecular weight excluding hydrogens is 328 g/mol. The number of benzene rings is 1. The zero-order chi connectivity index (χ0) is 12.4. The molecule has 0 unspecified atom stereocenters. The average Bonchev–Trinajstić information content (AvgIpc) is 2.68. The number of carbonyl (C=O) groups is 1. The number of halogens is 2. The summed E-state index contributed by atoms with van der Waals surface area (Å²) in [6, 6.07) is 4.58. The first kappa shape index (κ1) is 12.3. The summed E-state index contributed by atoms with van der Waals surface area (Å²) in [5.41, 5.74) is 0.115. The van der Waals surface area contributed by atoms with Crippen molar-refractivity contribution in [1.29, 1.82) is 0 Å². The Kier molecular flexibility index (Phi) is 3.66. The standard InChI is InChI=1S/C10H6BrClN2O2S/c11-7-4-13-10(17-7)14-9(16)5-2-1-3-6(12)8(5)15/h1-4,15H,(H,13,14,16). The van der Waals surface area contributed by atoms with Crippen molar-refractivity contribution in [1.82, 2.24) is 4.98 Å². The van der Waals surface area contributed by atoms with Crippen molar-refractivity contribution in [3.63, 3.8) is 0 Å². The van der Waals surface area contributed by atoms with Crippen LogP contribution in [-0.4, -0.2) is 16.0 Å². The van der Waals surface area contributed by atoms with Crippen molar-refractivity contribution in [2.45, 2.75) is 0 Å². The van der Waals surface area contributed by atoms with Gasteiger partial charge >= 0.3 is 0 Å². The molecule has 0 aliphatic rings. The van der Waals surface area contributed by atoms with Crippen LogP contribution in [0.2, 0.25) is 5.02 Å². The molecule has 7 heteroatoms. The first-order valence-corrected chi connectivity index (χ1v) is 6.47. The Bertz CT molecular complexity index is 573. The van der Waals surface area contributed by atoms with Crippen molar-refractivity contribution >= 4 is 49.9 Å². The maximum atomic E-state index is 11.8. The summed E-state index contributed by atoms with van der Waals surface area (Å²) in [4.78, 5) is 15.8. The van der Waals surface area contributed by atoms with Crippen LogP contribution < -0.4 is 5.32 Å². The highest BCUT2D eigenvalue weighted by atomic mass is 79.9. The van der Waals surface area contributed by atoms with Gasteiger partial charge in [-0.2, -0.15) is 0 Å². The minimum absolute atomic E-state index is 0.115. The lowest BCUT2D eigenvalue weighted by Crippen LogP contribution is -2.11. The number of aromatic hydroxyl groups is 1. The molecule has 17 heavy (non-hydrogen) atoms. The molecule has 2 aromatic rings. The third-order valence-corrected chi connectivity index (χ3v) is 3.63.